The van der Waals surface area contributed by atoms with E-state index in [2.05, 4.69) is 37.3 Å². The molecule has 0 bridgehead atoms. The van der Waals surface area contributed by atoms with Crippen LogP contribution in [0.2, 0.25) is 0 Å². The Kier molecular flexibility index (Phi) is 1.96. The summed E-state index contributed by atoms with van der Waals surface area (Å²) >= 11 is 1.79. The fourth-order valence-corrected chi connectivity index (χ4v) is 1.93. The molecule has 1 aromatic heterocycles. The first-order chi connectivity index (χ1) is 5.86. The summed E-state index contributed by atoms with van der Waals surface area (Å²) in [6, 6.07) is 15.6. The van der Waals surface area contributed by atoms with Crippen molar-refractivity contribution in [3.8, 4) is 10.4 Å². The van der Waals surface area contributed by atoms with Gasteiger partial charge in [-0.2, -0.15) is 0 Å². The largest absolute Gasteiger partial charge is 0.140 e. The molecule has 0 N–H and O–H groups in total. The summed E-state index contributed by atoms with van der Waals surface area (Å²) in [6.07, 6.45) is 0. The van der Waals surface area contributed by atoms with Crippen LogP contribution in [-0.4, -0.2) is 0 Å². The quantitative estimate of drug-likeness (QED) is 0.619. The SMILES string of the molecule is Cc1c[c]c(-c2ccccc2)s1. The molecule has 0 unspecified atom stereocenters. The summed E-state index contributed by atoms with van der Waals surface area (Å²) in [5.41, 5.74) is 1.26. The molecule has 0 amide bonds. The standard InChI is InChI=1S/C11H9S/c1-9-7-8-11(12-9)10-5-3-2-4-6-10/h2-7H,1H3. The highest BCUT2D eigenvalue weighted by atomic mass is 32.1. The zero-order valence-corrected chi connectivity index (χ0v) is 7.69. The van der Waals surface area contributed by atoms with E-state index in [-0.39, 0.29) is 0 Å². The van der Waals surface area contributed by atoms with Gasteiger partial charge in [0.05, 0.1) is 0 Å². The second-order valence-corrected chi connectivity index (χ2v) is 3.95. The Morgan fingerprint density at radius 2 is 1.92 bits per heavy atom. The summed E-state index contributed by atoms with van der Waals surface area (Å²) in [4.78, 5) is 2.54. The summed E-state index contributed by atoms with van der Waals surface area (Å²) in [5.74, 6) is 0. The summed E-state index contributed by atoms with van der Waals surface area (Å²) in [7, 11) is 0. The van der Waals surface area contributed by atoms with Gasteiger partial charge in [-0.3, -0.25) is 0 Å². The molecule has 1 radical (unpaired) electrons. The molecular weight excluding hydrogens is 164 g/mol. The molecule has 0 aliphatic heterocycles. The topological polar surface area (TPSA) is 0 Å². The van der Waals surface area contributed by atoms with Crippen molar-refractivity contribution in [2.45, 2.75) is 6.92 Å². The predicted octanol–water partition coefficient (Wildman–Crippen LogP) is 3.52. The van der Waals surface area contributed by atoms with Crippen LogP contribution in [0.3, 0.4) is 0 Å². The highest BCUT2D eigenvalue weighted by Gasteiger charge is 1.98. The third-order valence-corrected chi connectivity index (χ3v) is 2.70. The molecule has 2 rings (SSSR count). The van der Waals surface area contributed by atoms with Crippen LogP contribution >= 0.6 is 11.3 Å². The third kappa shape index (κ3) is 1.41. The van der Waals surface area contributed by atoms with Gasteiger partial charge in [0.25, 0.3) is 0 Å². The van der Waals surface area contributed by atoms with Gasteiger partial charge in [-0.25, -0.2) is 0 Å². The molecule has 0 spiro atoms. The predicted molar refractivity (Wildman–Crippen MR) is 53.3 cm³/mol. The number of benzene rings is 1. The van der Waals surface area contributed by atoms with E-state index in [1.807, 2.05) is 12.1 Å². The number of hydrogen-bond donors (Lipinski definition) is 0. The Labute approximate surface area is 76.5 Å². The van der Waals surface area contributed by atoms with E-state index in [0.717, 1.165) is 0 Å². The number of hydrogen-bond acceptors (Lipinski definition) is 1. The zero-order chi connectivity index (χ0) is 8.39. The lowest BCUT2D eigenvalue weighted by Gasteiger charge is -1.93. The minimum atomic E-state index is 1.23. The molecule has 1 heteroatoms. The Morgan fingerprint density at radius 3 is 2.50 bits per heavy atom. The normalized spacial score (nSPS) is 10.1. The molecule has 0 atom stereocenters. The molecule has 59 valence electrons. The number of aryl methyl sites for hydroxylation is 1. The van der Waals surface area contributed by atoms with Crippen LogP contribution in [0.15, 0.2) is 36.4 Å². The molecule has 0 nitrogen and oxygen atoms in total. The van der Waals surface area contributed by atoms with Gasteiger partial charge in [-0.05, 0) is 18.6 Å². The highest BCUT2D eigenvalue weighted by molar-refractivity contribution is 7.15. The Bertz CT molecular complexity index is 360. The maximum Gasteiger partial charge on any atom is 0.0424 e. The average molecular weight is 173 g/mol. The molecule has 2 aromatic rings. The van der Waals surface area contributed by atoms with E-state index in [0.29, 0.717) is 0 Å². The van der Waals surface area contributed by atoms with Crippen molar-refractivity contribution in [2.75, 3.05) is 0 Å². The van der Waals surface area contributed by atoms with Crippen molar-refractivity contribution in [3.63, 3.8) is 0 Å². The zero-order valence-electron chi connectivity index (χ0n) is 6.87. The summed E-state index contributed by atoms with van der Waals surface area (Å²) in [6.45, 7) is 2.10. The van der Waals surface area contributed by atoms with Crippen LogP contribution in [0.5, 0.6) is 0 Å². The fraction of sp³-hybridized carbons (Fsp3) is 0.0909. The first kappa shape index (κ1) is 7.56. The molecule has 0 saturated heterocycles. The van der Waals surface area contributed by atoms with E-state index in [9.17, 15) is 0 Å². The molecular formula is C11H9S. The molecule has 0 saturated carbocycles. The van der Waals surface area contributed by atoms with Gasteiger partial charge in [0.15, 0.2) is 0 Å². The smallest absolute Gasteiger partial charge is 0.0424 e. The first-order valence-corrected chi connectivity index (χ1v) is 4.71. The van der Waals surface area contributed by atoms with E-state index in [4.69, 9.17) is 0 Å². The lowest BCUT2D eigenvalue weighted by Crippen LogP contribution is -1.67. The Morgan fingerprint density at radius 1 is 1.17 bits per heavy atom. The van der Waals surface area contributed by atoms with Crippen molar-refractivity contribution in [2.24, 2.45) is 0 Å². The molecule has 0 aliphatic rings. The fourth-order valence-electron chi connectivity index (χ4n) is 1.12. The minimum absolute atomic E-state index is 1.23. The number of rotatable bonds is 1. The average Bonchev–Trinajstić information content (AvgIpc) is 2.54. The minimum Gasteiger partial charge on any atom is -0.140 e. The summed E-state index contributed by atoms with van der Waals surface area (Å²) < 4.78 is 0. The van der Waals surface area contributed by atoms with Crippen LogP contribution in [0, 0.1) is 13.0 Å². The maximum absolute atomic E-state index is 3.24. The Hall–Kier alpha value is -1.08. The van der Waals surface area contributed by atoms with Crippen molar-refractivity contribution >= 4 is 11.3 Å². The van der Waals surface area contributed by atoms with Gasteiger partial charge in [-0.1, -0.05) is 30.3 Å². The Balaban J connectivity index is 2.45. The second kappa shape index (κ2) is 3.11. The van der Waals surface area contributed by atoms with Gasteiger partial charge in [-0.15, -0.1) is 11.3 Å². The van der Waals surface area contributed by atoms with Gasteiger partial charge in [0, 0.05) is 15.8 Å². The van der Waals surface area contributed by atoms with E-state index < -0.39 is 0 Å². The molecule has 0 aliphatic carbocycles. The number of thiophene rings is 1. The molecule has 12 heavy (non-hydrogen) atoms. The van der Waals surface area contributed by atoms with Gasteiger partial charge in [0.1, 0.15) is 0 Å². The van der Waals surface area contributed by atoms with Gasteiger partial charge in [0.2, 0.25) is 0 Å². The van der Waals surface area contributed by atoms with E-state index in [1.165, 1.54) is 15.3 Å². The second-order valence-electron chi connectivity index (χ2n) is 2.70. The van der Waals surface area contributed by atoms with Crippen molar-refractivity contribution < 1.29 is 0 Å². The first-order valence-electron chi connectivity index (χ1n) is 3.90. The van der Waals surface area contributed by atoms with Crippen molar-refractivity contribution in [1.29, 1.82) is 0 Å². The van der Waals surface area contributed by atoms with Gasteiger partial charge < -0.3 is 0 Å². The highest BCUT2D eigenvalue weighted by Crippen LogP contribution is 2.26. The van der Waals surface area contributed by atoms with Crippen LogP contribution in [0.25, 0.3) is 10.4 Å². The van der Waals surface area contributed by atoms with Crippen molar-refractivity contribution in [1.82, 2.24) is 0 Å². The van der Waals surface area contributed by atoms with Crippen LogP contribution < -0.4 is 0 Å². The van der Waals surface area contributed by atoms with Gasteiger partial charge >= 0.3 is 0 Å². The molecule has 1 heterocycles. The van der Waals surface area contributed by atoms with Crippen LogP contribution in [0.4, 0.5) is 0 Å². The maximum atomic E-state index is 3.24. The lowest BCUT2D eigenvalue weighted by molar-refractivity contribution is 1.63. The van der Waals surface area contributed by atoms with Crippen molar-refractivity contribution in [3.05, 3.63) is 47.3 Å². The summed E-state index contributed by atoms with van der Waals surface area (Å²) in [5, 5.41) is 0. The molecule has 1 aromatic carbocycles. The monoisotopic (exact) mass is 173 g/mol. The van der Waals surface area contributed by atoms with Crippen LogP contribution in [-0.2, 0) is 0 Å². The van der Waals surface area contributed by atoms with E-state index >= 15 is 0 Å². The third-order valence-electron chi connectivity index (χ3n) is 1.71. The lowest BCUT2D eigenvalue weighted by atomic mass is 10.2. The molecule has 0 fully saturated rings. The van der Waals surface area contributed by atoms with Crippen LogP contribution in [0.1, 0.15) is 4.88 Å². The van der Waals surface area contributed by atoms with E-state index in [1.54, 1.807) is 11.3 Å².